The van der Waals surface area contributed by atoms with Crippen LogP contribution in [0.2, 0.25) is 0 Å². The number of likely N-dealkylation sites (N-methyl/N-ethyl adjacent to an activating group) is 1. The van der Waals surface area contributed by atoms with E-state index in [9.17, 15) is 22.8 Å². The Morgan fingerprint density at radius 2 is 1.88 bits per heavy atom. The predicted octanol–water partition coefficient (Wildman–Crippen LogP) is 4.44. The molecule has 9 heteroatoms. The summed E-state index contributed by atoms with van der Waals surface area (Å²) < 4.78 is 44.4. The lowest BCUT2D eigenvalue weighted by Crippen LogP contribution is -2.59. The second-order valence-electron chi connectivity index (χ2n) is 7.04. The van der Waals surface area contributed by atoms with E-state index in [0.717, 1.165) is 17.0 Å². The number of halogens is 4. The predicted molar refractivity (Wildman–Crippen MR) is 93.9 cm³/mol. The first-order valence-electron chi connectivity index (χ1n) is 7.95. The number of ether oxygens (including phenoxy) is 1. The topological polar surface area (TPSA) is 49.9 Å². The lowest BCUT2D eigenvalue weighted by atomic mass is 10.0. The summed E-state index contributed by atoms with van der Waals surface area (Å²) in [5.41, 5.74) is -1.47. The summed E-state index contributed by atoms with van der Waals surface area (Å²) in [5.74, 6) is -0.470. The lowest BCUT2D eigenvalue weighted by molar-refractivity contribution is -0.137. The van der Waals surface area contributed by atoms with Crippen molar-refractivity contribution in [2.45, 2.75) is 45.0 Å². The van der Waals surface area contributed by atoms with Gasteiger partial charge in [0.25, 0.3) is 0 Å². The van der Waals surface area contributed by atoms with Crippen LogP contribution >= 0.6 is 15.9 Å². The van der Waals surface area contributed by atoms with Crippen LogP contribution < -0.4 is 4.90 Å². The maximum absolute atomic E-state index is 12.9. The fraction of sp³-hybridized carbons (Fsp3) is 0.529. The monoisotopic (exact) mass is 436 g/mol. The molecule has 2 rings (SSSR count). The first-order chi connectivity index (χ1) is 11.8. The van der Waals surface area contributed by atoms with Crippen LogP contribution in [-0.4, -0.2) is 42.1 Å². The maximum Gasteiger partial charge on any atom is 0.416 e. The molecule has 0 aromatic heterocycles. The van der Waals surface area contributed by atoms with Gasteiger partial charge in [0.2, 0.25) is 5.91 Å². The number of benzene rings is 1. The Morgan fingerprint density at radius 1 is 1.27 bits per heavy atom. The van der Waals surface area contributed by atoms with E-state index in [-0.39, 0.29) is 5.69 Å². The summed E-state index contributed by atoms with van der Waals surface area (Å²) in [5, 5.41) is 0. The molecular weight excluding hydrogens is 417 g/mol. The minimum atomic E-state index is -4.52. The Balaban J connectivity index is 2.19. The van der Waals surface area contributed by atoms with E-state index in [1.54, 1.807) is 20.8 Å². The quantitative estimate of drug-likeness (QED) is 0.688. The molecule has 0 saturated carbocycles. The molecule has 0 bridgehead atoms. The number of likely N-dealkylation sites (tertiary alicyclic amines) is 1. The summed E-state index contributed by atoms with van der Waals surface area (Å²) in [4.78, 5) is 27.2. The Labute approximate surface area is 158 Å². The summed E-state index contributed by atoms with van der Waals surface area (Å²) >= 11 is 3.17. The van der Waals surface area contributed by atoms with Crippen molar-refractivity contribution in [2.75, 3.05) is 18.5 Å². The van der Waals surface area contributed by atoms with Gasteiger partial charge in [0.15, 0.2) is 0 Å². The minimum absolute atomic E-state index is 0.0841. The van der Waals surface area contributed by atoms with Crippen LogP contribution in [0.5, 0.6) is 0 Å². The minimum Gasteiger partial charge on any atom is -0.444 e. The van der Waals surface area contributed by atoms with E-state index >= 15 is 0 Å². The Bertz CT molecular complexity index is 716. The van der Waals surface area contributed by atoms with Gasteiger partial charge in [-0.1, -0.05) is 0 Å². The van der Waals surface area contributed by atoms with Gasteiger partial charge in [-0.25, -0.2) is 4.79 Å². The molecule has 144 valence electrons. The van der Waals surface area contributed by atoms with Crippen LogP contribution in [0.3, 0.4) is 0 Å². The number of alkyl halides is 3. The molecule has 1 aromatic rings. The molecule has 0 N–H and O–H groups in total. The normalized spacial score (nSPS) is 17.5. The molecule has 1 fully saturated rings. The molecule has 1 aliphatic rings. The van der Waals surface area contributed by atoms with Gasteiger partial charge >= 0.3 is 12.3 Å². The second kappa shape index (κ2) is 7.09. The van der Waals surface area contributed by atoms with Crippen LogP contribution in [0.1, 0.15) is 32.8 Å². The number of rotatable bonds is 2. The highest BCUT2D eigenvalue weighted by Gasteiger charge is 2.42. The van der Waals surface area contributed by atoms with Gasteiger partial charge in [-0.05, 0) is 61.3 Å². The standard InChI is InChI=1S/C17H20BrF3N2O3/c1-16(2,3)26-15(25)23-8-7-12(23)14(24)22(4)13-9-10(17(19,20)21)5-6-11(13)18/h5-6,9,12H,7-8H2,1-4H3. The molecule has 1 heterocycles. The fourth-order valence-corrected chi connectivity index (χ4v) is 2.98. The molecule has 0 aliphatic carbocycles. The number of nitrogens with zero attached hydrogens (tertiary/aromatic N) is 2. The van der Waals surface area contributed by atoms with Crippen molar-refractivity contribution in [1.29, 1.82) is 0 Å². The Hall–Kier alpha value is -1.77. The van der Waals surface area contributed by atoms with Crippen LogP contribution in [0.15, 0.2) is 22.7 Å². The number of carbonyl (C=O) groups excluding carboxylic acids is 2. The molecule has 5 nitrogen and oxygen atoms in total. The summed E-state index contributed by atoms with van der Waals surface area (Å²) in [6.07, 6.45) is -4.70. The van der Waals surface area contributed by atoms with E-state index in [2.05, 4.69) is 15.9 Å². The number of hydrogen-bond acceptors (Lipinski definition) is 3. The summed E-state index contributed by atoms with van der Waals surface area (Å²) in [6.45, 7) is 5.51. The smallest absolute Gasteiger partial charge is 0.416 e. The van der Waals surface area contributed by atoms with Crippen molar-refractivity contribution >= 4 is 33.6 Å². The molecule has 1 saturated heterocycles. The van der Waals surface area contributed by atoms with Gasteiger partial charge in [-0.2, -0.15) is 13.2 Å². The molecule has 0 radical (unpaired) electrons. The van der Waals surface area contributed by atoms with E-state index in [1.807, 2.05) is 0 Å². The highest BCUT2D eigenvalue weighted by Crippen LogP contribution is 2.36. The molecule has 1 aliphatic heterocycles. The molecule has 2 amide bonds. The van der Waals surface area contributed by atoms with Crippen LogP contribution in [0.25, 0.3) is 0 Å². The van der Waals surface area contributed by atoms with Gasteiger partial charge in [-0.15, -0.1) is 0 Å². The van der Waals surface area contributed by atoms with Gasteiger partial charge < -0.3 is 9.64 Å². The summed E-state index contributed by atoms with van der Waals surface area (Å²) in [7, 11) is 1.38. The Morgan fingerprint density at radius 3 is 2.35 bits per heavy atom. The second-order valence-corrected chi connectivity index (χ2v) is 7.89. The van der Waals surface area contributed by atoms with E-state index < -0.39 is 35.4 Å². The van der Waals surface area contributed by atoms with Gasteiger partial charge in [0.1, 0.15) is 11.6 Å². The molecule has 1 unspecified atom stereocenters. The summed E-state index contributed by atoms with van der Waals surface area (Å²) in [6, 6.07) is 2.32. The van der Waals surface area contributed by atoms with Crippen molar-refractivity contribution in [2.24, 2.45) is 0 Å². The molecular formula is C17H20BrF3N2O3. The van der Waals surface area contributed by atoms with Crippen molar-refractivity contribution in [3.63, 3.8) is 0 Å². The third-order valence-electron chi connectivity index (χ3n) is 3.90. The van der Waals surface area contributed by atoms with Gasteiger partial charge in [-0.3, -0.25) is 9.69 Å². The van der Waals surface area contributed by atoms with Crippen molar-refractivity contribution in [3.8, 4) is 0 Å². The van der Waals surface area contributed by atoms with Gasteiger partial charge in [0.05, 0.1) is 11.3 Å². The number of hydrogen-bond donors (Lipinski definition) is 0. The lowest BCUT2D eigenvalue weighted by Gasteiger charge is -2.41. The maximum atomic E-state index is 12.9. The molecule has 1 aromatic carbocycles. The fourth-order valence-electron chi connectivity index (χ4n) is 2.47. The molecule has 1 atom stereocenters. The highest BCUT2D eigenvalue weighted by atomic mass is 79.9. The number of amides is 2. The first-order valence-corrected chi connectivity index (χ1v) is 8.74. The zero-order valence-electron chi connectivity index (χ0n) is 14.9. The zero-order valence-corrected chi connectivity index (χ0v) is 16.4. The third-order valence-corrected chi connectivity index (χ3v) is 4.57. The highest BCUT2D eigenvalue weighted by molar-refractivity contribution is 9.10. The average molecular weight is 437 g/mol. The average Bonchev–Trinajstić information content (AvgIpc) is 2.42. The van der Waals surface area contributed by atoms with E-state index in [1.165, 1.54) is 18.0 Å². The SMILES string of the molecule is CN(C(=O)C1CCN1C(=O)OC(C)(C)C)c1cc(C(F)(F)F)ccc1Br. The van der Waals surface area contributed by atoms with E-state index in [4.69, 9.17) is 4.74 Å². The number of anilines is 1. The van der Waals surface area contributed by atoms with Crippen molar-refractivity contribution in [1.82, 2.24) is 4.90 Å². The zero-order chi connectivity index (χ0) is 19.9. The first kappa shape index (κ1) is 20.5. The van der Waals surface area contributed by atoms with Crippen molar-refractivity contribution in [3.05, 3.63) is 28.2 Å². The Kier molecular flexibility index (Phi) is 5.60. The van der Waals surface area contributed by atoms with E-state index in [0.29, 0.717) is 17.4 Å². The van der Waals surface area contributed by atoms with Crippen LogP contribution in [-0.2, 0) is 15.7 Å². The van der Waals surface area contributed by atoms with Crippen LogP contribution in [0, 0.1) is 0 Å². The van der Waals surface area contributed by atoms with Crippen molar-refractivity contribution < 1.29 is 27.5 Å². The van der Waals surface area contributed by atoms with Gasteiger partial charge in [0, 0.05) is 18.1 Å². The van der Waals surface area contributed by atoms with Crippen LogP contribution in [0.4, 0.5) is 23.7 Å². The third kappa shape index (κ3) is 4.49. The molecule has 26 heavy (non-hydrogen) atoms. The molecule has 0 spiro atoms. The number of carbonyl (C=O) groups is 2. The largest absolute Gasteiger partial charge is 0.444 e.